The second-order valence-electron chi connectivity index (χ2n) is 3.82. The van der Waals surface area contributed by atoms with Gasteiger partial charge in [0.15, 0.2) is 0 Å². The molecule has 1 N–H and O–H groups in total. The van der Waals surface area contributed by atoms with Crippen LogP contribution < -0.4 is 0 Å². The highest BCUT2D eigenvalue weighted by atomic mass is 16.2. The van der Waals surface area contributed by atoms with Gasteiger partial charge in [0.2, 0.25) is 0 Å². The van der Waals surface area contributed by atoms with E-state index in [1.807, 2.05) is 0 Å². The minimum atomic E-state index is 0.382. The fourth-order valence-corrected chi connectivity index (χ4v) is 2.19. The predicted molar refractivity (Wildman–Crippen MR) is 47.4 cm³/mol. The van der Waals surface area contributed by atoms with Gasteiger partial charge in [0.25, 0.3) is 0 Å². The number of hydrogen-bond donors (Lipinski definition) is 1. The average molecular weight is 156 g/mol. The highest BCUT2D eigenvalue weighted by Crippen LogP contribution is 2.35. The fourth-order valence-electron chi connectivity index (χ4n) is 2.19. The van der Waals surface area contributed by atoms with Gasteiger partial charge in [-0.25, -0.2) is 0 Å². The van der Waals surface area contributed by atoms with Gasteiger partial charge in [-0.2, -0.15) is 0 Å². The molecule has 0 saturated heterocycles. The van der Waals surface area contributed by atoms with E-state index < -0.39 is 0 Å². The van der Waals surface area contributed by atoms with Crippen molar-refractivity contribution >= 4 is 0 Å². The third kappa shape index (κ3) is 2.82. The van der Waals surface area contributed by atoms with Gasteiger partial charge >= 0.3 is 0 Å². The smallest absolute Gasteiger partial charge is 0.0431 e. The Balaban J connectivity index is 2.09. The maximum atomic E-state index is 8.65. The third-order valence-corrected chi connectivity index (χ3v) is 3.00. The molecule has 11 heavy (non-hydrogen) atoms. The van der Waals surface area contributed by atoms with Crippen molar-refractivity contribution in [1.29, 1.82) is 0 Å². The molecular formula is C10H20O. The first kappa shape index (κ1) is 9.05. The van der Waals surface area contributed by atoms with E-state index in [0.29, 0.717) is 6.61 Å². The van der Waals surface area contributed by atoms with E-state index in [-0.39, 0.29) is 0 Å². The van der Waals surface area contributed by atoms with Crippen molar-refractivity contribution in [3.8, 4) is 0 Å². The summed E-state index contributed by atoms with van der Waals surface area (Å²) in [6, 6.07) is 0. The van der Waals surface area contributed by atoms with Gasteiger partial charge in [0.05, 0.1) is 0 Å². The van der Waals surface area contributed by atoms with E-state index >= 15 is 0 Å². The Hall–Kier alpha value is -0.0400. The van der Waals surface area contributed by atoms with E-state index in [1.54, 1.807) is 0 Å². The molecule has 1 nitrogen and oxygen atoms in total. The lowest BCUT2D eigenvalue weighted by molar-refractivity contribution is 0.270. The highest BCUT2D eigenvalue weighted by Gasteiger charge is 2.22. The summed E-state index contributed by atoms with van der Waals surface area (Å²) in [6.07, 6.45) is 7.91. The summed E-state index contributed by atoms with van der Waals surface area (Å²) in [4.78, 5) is 0. The Labute approximate surface area is 69.8 Å². The van der Waals surface area contributed by atoms with Crippen molar-refractivity contribution in [3.63, 3.8) is 0 Å². The molecule has 1 heteroatoms. The fraction of sp³-hybridized carbons (Fsp3) is 1.00. The summed E-state index contributed by atoms with van der Waals surface area (Å²) in [5, 5.41) is 8.65. The van der Waals surface area contributed by atoms with Crippen LogP contribution in [0.5, 0.6) is 0 Å². The zero-order valence-corrected chi connectivity index (χ0v) is 7.55. The Morgan fingerprint density at radius 1 is 1.27 bits per heavy atom. The molecule has 2 unspecified atom stereocenters. The molecular weight excluding hydrogens is 136 g/mol. The van der Waals surface area contributed by atoms with E-state index in [4.69, 9.17) is 5.11 Å². The van der Waals surface area contributed by atoms with E-state index in [0.717, 1.165) is 18.3 Å². The van der Waals surface area contributed by atoms with Crippen LogP contribution in [0.25, 0.3) is 0 Å². The molecule has 0 heterocycles. The lowest BCUT2D eigenvalue weighted by Crippen LogP contribution is -1.97. The maximum absolute atomic E-state index is 8.65. The molecule has 0 bridgehead atoms. The van der Waals surface area contributed by atoms with E-state index in [2.05, 4.69) is 6.92 Å². The van der Waals surface area contributed by atoms with Crippen LogP contribution in [0.4, 0.5) is 0 Å². The summed E-state index contributed by atoms with van der Waals surface area (Å²) in [7, 11) is 0. The molecule has 2 atom stereocenters. The number of rotatable bonds is 4. The van der Waals surface area contributed by atoms with Gasteiger partial charge in [-0.05, 0) is 31.1 Å². The normalized spacial score (nSPS) is 31.1. The van der Waals surface area contributed by atoms with Crippen LogP contribution in [-0.2, 0) is 0 Å². The van der Waals surface area contributed by atoms with Crippen molar-refractivity contribution in [2.45, 2.75) is 45.4 Å². The topological polar surface area (TPSA) is 20.2 Å². The van der Waals surface area contributed by atoms with Crippen molar-refractivity contribution in [2.75, 3.05) is 6.61 Å². The highest BCUT2D eigenvalue weighted by molar-refractivity contribution is 4.74. The lowest BCUT2D eigenvalue weighted by atomic mass is 9.99. The first-order chi connectivity index (χ1) is 5.36. The summed E-state index contributed by atoms with van der Waals surface area (Å²) in [5.41, 5.74) is 0. The molecule has 66 valence electrons. The summed E-state index contributed by atoms with van der Waals surface area (Å²) in [6.45, 7) is 2.67. The van der Waals surface area contributed by atoms with Crippen LogP contribution in [0.2, 0.25) is 0 Å². The zero-order valence-electron chi connectivity index (χ0n) is 7.55. The molecule has 0 aromatic carbocycles. The number of aliphatic hydroxyl groups excluding tert-OH is 1. The minimum absolute atomic E-state index is 0.382. The van der Waals surface area contributed by atoms with Gasteiger partial charge < -0.3 is 5.11 Å². The second kappa shape index (κ2) is 4.76. The van der Waals surface area contributed by atoms with Crippen molar-refractivity contribution in [1.82, 2.24) is 0 Å². The molecule has 0 aromatic heterocycles. The third-order valence-electron chi connectivity index (χ3n) is 3.00. The first-order valence-corrected chi connectivity index (χ1v) is 4.97. The molecule has 1 fully saturated rings. The molecule has 0 radical (unpaired) electrons. The summed E-state index contributed by atoms with van der Waals surface area (Å²) >= 11 is 0. The van der Waals surface area contributed by atoms with Crippen molar-refractivity contribution in [3.05, 3.63) is 0 Å². The monoisotopic (exact) mass is 156 g/mol. The van der Waals surface area contributed by atoms with Crippen LogP contribution in [0.1, 0.15) is 45.4 Å². The largest absolute Gasteiger partial charge is 0.396 e. The number of aliphatic hydroxyl groups is 1. The molecule has 1 rings (SSSR count). The van der Waals surface area contributed by atoms with E-state index in [9.17, 15) is 0 Å². The Bertz CT molecular complexity index is 101. The molecule has 0 amide bonds. The van der Waals surface area contributed by atoms with Crippen LogP contribution in [0, 0.1) is 11.8 Å². The molecule has 0 spiro atoms. The van der Waals surface area contributed by atoms with Crippen LogP contribution in [0.3, 0.4) is 0 Å². The summed E-state index contributed by atoms with van der Waals surface area (Å²) < 4.78 is 0. The molecule has 1 aliphatic carbocycles. The van der Waals surface area contributed by atoms with E-state index in [1.165, 1.54) is 32.1 Å². The van der Waals surface area contributed by atoms with Gasteiger partial charge in [0, 0.05) is 6.61 Å². The van der Waals surface area contributed by atoms with Crippen LogP contribution >= 0.6 is 0 Å². The number of hydrogen-bond acceptors (Lipinski definition) is 1. The average Bonchev–Trinajstić information content (AvgIpc) is 2.48. The van der Waals surface area contributed by atoms with Crippen molar-refractivity contribution in [2.24, 2.45) is 11.8 Å². The molecule has 0 aromatic rings. The van der Waals surface area contributed by atoms with Crippen LogP contribution in [0.15, 0.2) is 0 Å². The molecule has 1 saturated carbocycles. The van der Waals surface area contributed by atoms with Crippen LogP contribution in [-0.4, -0.2) is 11.7 Å². The second-order valence-corrected chi connectivity index (χ2v) is 3.82. The van der Waals surface area contributed by atoms with Gasteiger partial charge in [-0.1, -0.05) is 26.2 Å². The van der Waals surface area contributed by atoms with Gasteiger partial charge in [-0.3, -0.25) is 0 Å². The first-order valence-electron chi connectivity index (χ1n) is 4.97. The van der Waals surface area contributed by atoms with Crippen molar-refractivity contribution < 1.29 is 5.11 Å². The van der Waals surface area contributed by atoms with Gasteiger partial charge in [0.1, 0.15) is 0 Å². The van der Waals surface area contributed by atoms with Gasteiger partial charge in [-0.15, -0.1) is 0 Å². The Kier molecular flexibility index (Phi) is 3.92. The quantitative estimate of drug-likeness (QED) is 0.663. The molecule has 1 aliphatic rings. The Morgan fingerprint density at radius 2 is 2.00 bits per heavy atom. The predicted octanol–water partition coefficient (Wildman–Crippen LogP) is 2.59. The minimum Gasteiger partial charge on any atom is -0.396 e. The molecule has 0 aliphatic heterocycles. The standard InChI is InChI=1S/C10H20O/c1-2-9-5-6-10(8-9)4-3-7-11/h9-11H,2-8H2,1H3. The Morgan fingerprint density at radius 3 is 2.55 bits per heavy atom. The SMILES string of the molecule is CCC1CCC(CCCO)C1. The maximum Gasteiger partial charge on any atom is 0.0431 e. The summed E-state index contributed by atoms with van der Waals surface area (Å²) in [5.74, 6) is 1.94. The zero-order chi connectivity index (χ0) is 8.10. The lowest BCUT2D eigenvalue weighted by Gasteiger charge is -2.07.